The van der Waals surface area contributed by atoms with E-state index in [0.717, 1.165) is 0 Å². The summed E-state index contributed by atoms with van der Waals surface area (Å²) in [6.07, 6.45) is 0.681. The van der Waals surface area contributed by atoms with Crippen LogP contribution in [0.5, 0.6) is 11.5 Å². The smallest absolute Gasteiger partial charge is 0.243 e. The van der Waals surface area contributed by atoms with Gasteiger partial charge in [-0.2, -0.15) is 4.31 Å². The second-order valence-corrected chi connectivity index (χ2v) is 8.34. The van der Waals surface area contributed by atoms with Gasteiger partial charge in [0.25, 0.3) is 0 Å². The molecule has 2 aromatic carbocycles. The zero-order chi connectivity index (χ0) is 20.9. The van der Waals surface area contributed by atoms with Gasteiger partial charge in [0.15, 0.2) is 5.76 Å². The van der Waals surface area contributed by atoms with Crippen molar-refractivity contribution in [3.8, 4) is 22.8 Å². The van der Waals surface area contributed by atoms with E-state index in [1.807, 2.05) is 6.92 Å². The molecule has 3 aromatic rings. The molecule has 154 valence electrons. The summed E-state index contributed by atoms with van der Waals surface area (Å²) in [7, 11) is -0.488. The van der Waals surface area contributed by atoms with Crippen LogP contribution in [0.3, 0.4) is 0 Å². The van der Waals surface area contributed by atoms with Gasteiger partial charge in [-0.15, -0.1) is 0 Å². The third kappa shape index (κ3) is 4.60. The first-order chi connectivity index (χ1) is 14.0. The quantitative estimate of drug-likeness (QED) is 0.525. The summed E-state index contributed by atoms with van der Waals surface area (Å²) in [4.78, 5) is 0.256. The molecule has 1 heterocycles. The molecule has 0 amide bonds. The minimum absolute atomic E-state index is 0.112. The summed E-state index contributed by atoms with van der Waals surface area (Å²) in [5, 5.41) is 4.08. The van der Waals surface area contributed by atoms with Crippen LogP contribution in [0.2, 0.25) is 0 Å². The number of ether oxygens (including phenoxy) is 2. The predicted molar refractivity (Wildman–Crippen MR) is 109 cm³/mol. The SMILES string of the molecule is CCCN(Cc1cc(-c2cc(OC)ccc2OC)on1)S(=O)(=O)c1ccccc1. The Morgan fingerprint density at radius 2 is 1.79 bits per heavy atom. The highest BCUT2D eigenvalue weighted by molar-refractivity contribution is 7.89. The molecule has 8 heteroatoms. The Labute approximate surface area is 170 Å². The minimum Gasteiger partial charge on any atom is -0.497 e. The Balaban J connectivity index is 1.90. The van der Waals surface area contributed by atoms with Crippen LogP contribution >= 0.6 is 0 Å². The lowest BCUT2D eigenvalue weighted by Crippen LogP contribution is -2.31. The Kier molecular flexibility index (Phi) is 6.56. The summed E-state index contributed by atoms with van der Waals surface area (Å²) in [5.74, 6) is 1.73. The molecule has 0 atom stereocenters. The standard InChI is InChI=1S/C21H24N2O5S/c1-4-12-23(29(24,25)18-8-6-5-7-9-18)15-16-13-21(28-22-16)19-14-17(26-2)10-11-20(19)27-3/h5-11,13-14H,4,12,15H2,1-3H3. The van der Waals surface area contributed by atoms with Crippen molar-refractivity contribution in [3.05, 3.63) is 60.3 Å². The van der Waals surface area contributed by atoms with Crippen LogP contribution in [-0.2, 0) is 16.6 Å². The van der Waals surface area contributed by atoms with E-state index < -0.39 is 10.0 Å². The van der Waals surface area contributed by atoms with E-state index in [9.17, 15) is 8.42 Å². The van der Waals surface area contributed by atoms with Crippen LogP contribution in [0, 0.1) is 0 Å². The van der Waals surface area contributed by atoms with Gasteiger partial charge >= 0.3 is 0 Å². The van der Waals surface area contributed by atoms with Crippen molar-refractivity contribution in [2.24, 2.45) is 0 Å². The van der Waals surface area contributed by atoms with Gasteiger partial charge in [0.1, 0.15) is 11.5 Å². The molecule has 0 aliphatic heterocycles. The molecule has 0 N–H and O–H groups in total. The van der Waals surface area contributed by atoms with Gasteiger partial charge in [-0.05, 0) is 36.8 Å². The molecule has 0 saturated carbocycles. The molecule has 0 saturated heterocycles. The van der Waals surface area contributed by atoms with Crippen molar-refractivity contribution < 1.29 is 22.4 Å². The van der Waals surface area contributed by atoms with Gasteiger partial charge in [0, 0.05) is 12.6 Å². The van der Waals surface area contributed by atoms with E-state index in [1.165, 1.54) is 4.31 Å². The lowest BCUT2D eigenvalue weighted by atomic mass is 10.1. The molecular weight excluding hydrogens is 392 g/mol. The summed E-state index contributed by atoms with van der Waals surface area (Å²) < 4.78 is 43.6. The van der Waals surface area contributed by atoms with Crippen molar-refractivity contribution in [2.75, 3.05) is 20.8 Å². The number of hydrogen-bond donors (Lipinski definition) is 0. The van der Waals surface area contributed by atoms with Crippen molar-refractivity contribution in [1.29, 1.82) is 0 Å². The number of rotatable bonds is 9. The van der Waals surface area contributed by atoms with Crippen LogP contribution in [0.25, 0.3) is 11.3 Å². The number of methoxy groups -OCH3 is 2. The molecule has 29 heavy (non-hydrogen) atoms. The van der Waals surface area contributed by atoms with E-state index in [2.05, 4.69) is 5.16 Å². The number of aromatic nitrogens is 1. The van der Waals surface area contributed by atoms with Crippen LogP contribution in [0.15, 0.2) is 64.0 Å². The van der Waals surface area contributed by atoms with Gasteiger partial charge in [-0.3, -0.25) is 0 Å². The Bertz CT molecular complexity index is 1050. The van der Waals surface area contributed by atoms with Crippen LogP contribution in [0.1, 0.15) is 19.0 Å². The van der Waals surface area contributed by atoms with Crippen LogP contribution in [0.4, 0.5) is 0 Å². The minimum atomic E-state index is -3.63. The maximum absolute atomic E-state index is 13.0. The fraction of sp³-hybridized carbons (Fsp3) is 0.286. The zero-order valence-corrected chi connectivity index (χ0v) is 17.5. The molecule has 0 aliphatic carbocycles. The third-order valence-corrected chi connectivity index (χ3v) is 6.28. The highest BCUT2D eigenvalue weighted by Crippen LogP contribution is 2.34. The average Bonchev–Trinajstić information content (AvgIpc) is 3.22. The molecule has 0 spiro atoms. The maximum Gasteiger partial charge on any atom is 0.243 e. The molecule has 0 radical (unpaired) electrons. The number of benzene rings is 2. The Morgan fingerprint density at radius 1 is 1.03 bits per heavy atom. The molecule has 7 nitrogen and oxygen atoms in total. The molecule has 0 unspecified atom stereocenters. The van der Waals surface area contributed by atoms with Crippen molar-refractivity contribution in [1.82, 2.24) is 9.46 Å². The van der Waals surface area contributed by atoms with E-state index in [0.29, 0.717) is 41.5 Å². The normalized spacial score (nSPS) is 11.6. The molecule has 0 aliphatic rings. The van der Waals surface area contributed by atoms with Gasteiger partial charge in [-0.1, -0.05) is 30.3 Å². The Morgan fingerprint density at radius 3 is 2.45 bits per heavy atom. The number of hydrogen-bond acceptors (Lipinski definition) is 6. The van der Waals surface area contributed by atoms with Gasteiger partial charge in [0.05, 0.1) is 36.9 Å². The number of nitrogens with zero attached hydrogens (tertiary/aromatic N) is 2. The van der Waals surface area contributed by atoms with E-state index >= 15 is 0 Å². The lowest BCUT2D eigenvalue weighted by molar-refractivity contribution is 0.373. The van der Waals surface area contributed by atoms with Crippen molar-refractivity contribution >= 4 is 10.0 Å². The highest BCUT2D eigenvalue weighted by Gasteiger charge is 2.25. The molecule has 0 bridgehead atoms. The third-order valence-electron chi connectivity index (χ3n) is 4.42. The van der Waals surface area contributed by atoms with Gasteiger partial charge in [0.2, 0.25) is 10.0 Å². The molecule has 3 rings (SSSR count). The summed E-state index contributed by atoms with van der Waals surface area (Å²) >= 11 is 0. The molecule has 0 fully saturated rings. The van der Waals surface area contributed by atoms with Crippen molar-refractivity contribution in [3.63, 3.8) is 0 Å². The lowest BCUT2D eigenvalue weighted by Gasteiger charge is -2.20. The predicted octanol–water partition coefficient (Wildman–Crippen LogP) is 3.96. The van der Waals surface area contributed by atoms with Gasteiger partial charge in [-0.25, -0.2) is 8.42 Å². The van der Waals surface area contributed by atoms with E-state index in [1.54, 1.807) is 68.8 Å². The first kappa shape index (κ1) is 20.9. The number of sulfonamides is 1. The van der Waals surface area contributed by atoms with Crippen LogP contribution < -0.4 is 9.47 Å². The summed E-state index contributed by atoms with van der Waals surface area (Å²) in [6.45, 7) is 2.42. The average molecular weight is 416 g/mol. The fourth-order valence-electron chi connectivity index (χ4n) is 2.98. The summed E-state index contributed by atoms with van der Waals surface area (Å²) in [5.41, 5.74) is 1.19. The Hall–Kier alpha value is -2.84. The topological polar surface area (TPSA) is 81.9 Å². The first-order valence-electron chi connectivity index (χ1n) is 9.22. The zero-order valence-electron chi connectivity index (χ0n) is 16.7. The van der Waals surface area contributed by atoms with E-state index in [4.69, 9.17) is 14.0 Å². The first-order valence-corrected chi connectivity index (χ1v) is 10.7. The highest BCUT2D eigenvalue weighted by atomic mass is 32.2. The van der Waals surface area contributed by atoms with Gasteiger partial charge < -0.3 is 14.0 Å². The summed E-state index contributed by atoms with van der Waals surface area (Å²) in [6, 6.07) is 15.5. The largest absolute Gasteiger partial charge is 0.497 e. The molecule has 1 aromatic heterocycles. The fourth-order valence-corrected chi connectivity index (χ4v) is 4.50. The molecular formula is C21H24N2O5S. The van der Waals surface area contributed by atoms with Crippen LogP contribution in [-0.4, -0.2) is 38.6 Å². The second kappa shape index (κ2) is 9.11. The van der Waals surface area contributed by atoms with E-state index in [-0.39, 0.29) is 11.4 Å². The maximum atomic E-state index is 13.0. The monoisotopic (exact) mass is 416 g/mol. The van der Waals surface area contributed by atoms with Crippen molar-refractivity contribution in [2.45, 2.75) is 24.8 Å². The second-order valence-electron chi connectivity index (χ2n) is 6.40.